The molecule has 2 aliphatic carbocycles. The topological polar surface area (TPSA) is 101 Å². The van der Waals surface area contributed by atoms with E-state index < -0.39 is 16.1 Å². The Labute approximate surface area is 184 Å². The van der Waals surface area contributed by atoms with Crippen molar-refractivity contribution in [2.75, 3.05) is 11.1 Å². The van der Waals surface area contributed by atoms with Crippen molar-refractivity contribution in [2.24, 2.45) is 5.92 Å². The number of nitrogen functional groups attached to an aromatic ring is 1. The van der Waals surface area contributed by atoms with Crippen LogP contribution in [0.4, 0.5) is 11.4 Å². The first-order valence-electron chi connectivity index (χ1n) is 11.1. The fraction of sp³-hybridized carbons (Fsp3) is 0.458. The van der Waals surface area contributed by atoms with Crippen molar-refractivity contribution in [1.29, 1.82) is 0 Å². The molecule has 0 heterocycles. The molecule has 31 heavy (non-hydrogen) atoms. The van der Waals surface area contributed by atoms with E-state index in [1.165, 1.54) is 34.4 Å². The molecule has 6 nitrogen and oxygen atoms in total. The number of aryl methyl sites for hydroxylation is 2. The Balaban J connectivity index is 1.61. The van der Waals surface area contributed by atoms with Crippen LogP contribution >= 0.6 is 0 Å². The van der Waals surface area contributed by atoms with Gasteiger partial charge in [-0.25, -0.2) is 8.42 Å². The van der Waals surface area contributed by atoms with Crippen molar-refractivity contribution < 1.29 is 13.2 Å². The van der Waals surface area contributed by atoms with Crippen LogP contribution in [0, 0.1) is 5.92 Å². The predicted octanol–water partition coefficient (Wildman–Crippen LogP) is 3.58. The number of hydrogen-bond donors (Lipinski definition) is 3. The third-order valence-corrected chi connectivity index (χ3v) is 7.72. The van der Waals surface area contributed by atoms with E-state index >= 15 is 0 Å². The molecule has 0 saturated heterocycles. The fourth-order valence-corrected chi connectivity index (χ4v) is 5.97. The third kappa shape index (κ3) is 4.62. The molecule has 0 fully saturated rings. The molecule has 0 aromatic heterocycles. The van der Waals surface area contributed by atoms with Crippen molar-refractivity contribution >= 4 is 27.3 Å². The standard InChI is InChI=1S/C24H31N3O3S/c1-15(2)13-22(27-31(29,30)19-11-9-18(25)10-12-19)24(28)26-23-20-7-3-5-16(20)14-17-6-4-8-21(17)23/h9-12,14-15,22,27H,3-8,13,25H2,1-2H3,(H,26,28)/t22-/m0/s1. The summed E-state index contributed by atoms with van der Waals surface area (Å²) in [4.78, 5) is 13.5. The molecule has 4 N–H and O–H groups in total. The van der Waals surface area contributed by atoms with Crippen molar-refractivity contribution in [3.63, 3.8) is 0 Å². The number of hydrogen-bond acceptors (Lipinski definition) is 4. The number of nitrogens with one attached hydrogen (secondary N) is 2. The fourth-order valence-electron chi connectivity index (χ4n) is 4.76. The molecule has 2 aliphatic rings. The van der Waals surface area contributed by atoms with Gasteiger partial charge in [-0.15, -0.1) is 0 Å². The molecule has 1 amide bonds. The van der Waals surface area contributed by atoms with E-state index in [2.05, 4.69) is 16.1 Å². The minimum Gasteiger partial charge on any atom is -0.399 e. The van der Waals surface area contributed by atoms with Crippen LogP contribution in [0.5, 0.6) is 0 Å². The predicted molar refractivity (Wildman–Crippen MR) is 124 cm³/mol. The zero-order valence-electron chi connectivity index (χ0n) is 18.2. The first-order valence-corrected chi connectivity index (χ1v) is 12.6. The summed E-state index contributed by atoms with van der Waals surface area (Å²) in [5, 5.41) is 3.15. The molecule has 0 bridgehead atoms. The minimum absolute atomic E-state index is 0.102. The normalized spacial score (nSPS) is 16.2. The Morgan fingerprint density at radius 3 is 2.13 bits per heavy atom. The van der Waals surface area contributed by atoms with Crippen molar-refractivity contribution in [1.82, 2.24) is 4.72 Å². The van der Waals surface area contributed by atoms with Crippen molar-refractivity contribution in [2.45, 2.75) is 69.7 Å². The second-order valence-corrected chi connectivity index (χ2v) is 10.8. The molecule has 7 heteroatoms. The summed E-state index contributed by atoms with van der Waals surface area (Å²) in [5.74, 6) is -0.140. The van der Waals surface area contributed by atoms with Gasteiger partial charge in [-0.05, 0) is 97.4 Å². The van der Waals surface area contributed by atoms with Gasteiger partial charge >= 0.3 is 0 Å². The number of benzene rings is 2. The Bertz CT molecular complexity index is 1060. The Kier molecular flexibility index (Phi) is 6.08. The summed E-state index contributed by atoms with van der Waals surface area (Å²) in [7, 11) is -3.85. The lowest BCUT2D eigenvalue weighted by molar-refractivity contribution is -0.118. The zero-order valence-corrected chi connectivity index (χ0v) is 19.0. The van der Waals surface area contributed by atoms with E-state index in [-0.39, 0.29) is 16.7 Å². The third-order valence-electron chi connectivity index (χ3n) is 6.23. The Morgan fingerprint density at radius 2 is 1.58 bits per heavy atom. The minimum atomic E-state index is -3.85. The van der Waals surface area contributed by atoms with Gasteiger partial charge in [-0.2, -0.15) is 4.72 Å². The SMILES string of the molecule is CC(C)C[C@H](NS(=O)(=O)c1ccc(N)cc1)C(=O)Nc1c2c(cc3c1CCC3)CCC2. The monoisotopic (exact) mass is 441 g/mol. The molecule has 2 aromatic rings. The van der Waals surface area contributed by atoms with Crippen LogP contribution in [0.2, 0.25) is 0 Å². The number of rotatable bonds is 7. The molecule has 0 unspecified atom stereocenters. The van der Waals surface area contributed by atoms with Crippen LogP contribution in [0.15, 0.2) is 35.2 Å². The first-order chi connectivity index (χ1) is 14.7. The lowest BCUT2D eigenvalue weighted by Gasteiger charge is -2.22. The van der Waals surface area contributed by atoms with E-state index in [0.717, 1.165) is 44.2 Å². The average Bonchev–Trinajstić information content (AvgIpc) is 3.36. The summed E-state index contributed by atoms with van der Waals surface area (Å²) in [6, 6.07) is 7.47. The van der Waals surface area contributed by atoms with Crippen molar-refractivity contribution in [3.8, 4) is 0 Å². The molecule has 0 aliphatic heterocycles. The quantitative estimate of drug-likeness (QED) is 0.572. The van der Waals surface area contributed by atoms with Gasteiger partial charge in [0.15, 0.2) is 0 Å². The maximum Gasteiger partial charge on any atom is 0.242 e. The zero-order chi connectivity index (χ0) is 22.2. The van der Waals surface area contributed by atoms with Gasteiger partial charge in [0.05, 0.1) is 4.90 Å². The molecule has 0 spiro atoms. The van der Waals surface area contributed by atoms with Crippen LogP contribution in [-0.4, -0.2) is 20.4 Å². The number of carbonyl (C=O) groups excluding carboxylic acids is 1. The van der Waals surface area contributed by atoms with Gasteiger partial charge in [-0.3, -0.25) is 4.79 Å². The summed E-state index contributed by atoms with van der Waals surface area (Å²) in [6.45, 7) is 3.96. The largest absolute Gasteiger partial charge is 0.399 e. The number of fused-ring (bicyclic) bond motifs is 2. The number of carbonyl (C=O) groups is 1. The van der Waals surface area contributed by atoms with Gasteiger partial charge in [0.25, 0.3) is 0 Å². The second kappa shape index (κ2) is 8.63. The summed E-state index contributed by atoms with van der Waals surface area (Å²) < 4.78 is 28.5. The lowest BCUT2D eigenvalue weighted by atomic mass is 9.98. The van der Waals surface area contributed by atoms with Gasteiger partial charge in [0.2, 0.25) is 15.9 Å². The van der Waals surface area contributed by atoms with E-state index in [0.29, 0.717) is 12.1 Å². The Morgan fingerprint density at radius 1 is 1.00 bits per heavy atom. The summed E-state index contributed by atoms with van der Waals surface area (Å²) in [5.41, 5.74) is 12.2. The second-order valence-electron chi connectivity index (χ2n) is 9.10. The number of nitrogens with two attached hydrogens (primary N) is 1. The van der Waals surface area contributed by atoms with Gasteiger partial charge in [-0.1, -0.05) is 19.9 Å². The van der Waals surface area contributed by atoms with Crippen LogP contribution in [0.3, 0.4) is 0 Å². The van der Waals surface area contributed by atoms with Crippen LogP contribution < -0.4 is 15.8 Å². The highest BCUT2D eigenvalue weighted by Gasteiger charge is 2.30. The summed E-state index contributed by atoms with van der Waals surface area (Å²) >= 11 is 0. The molecule has 0 radical (unpaired) electrons. The molecular weight excluding hydrogens is 410 g/mol. The Hall–Kier alpha value is -2.38. The molecule has 0 saturated carbocycles. The van der Waals surface area contributed by atoms with Gasteiger partial charge < -0.3 is 11.1 Å². The highest BCUT2D eigenvalue weighted by molar-refractivity contribution is 7.89. The smallest absolute Gasteiger partial charge is 0.242 e. The van der Waals surface area contributed by atoms with Gasteiger partial charge in [0.1, 0.15) is 6.04 Å². The summed E-state index contributed by atoms with van der Waals surface area (Å²) in [6.07, 6.45) is 6.63. The van der Waals surface area contributed by atoms with Crippen LogP contribution in [0.25, 0.3) is 0 Å². The van der Waals surface area contributed by atoms with Crippen LogP contribution in [0.1, 0.15) is 55.4 Å². The molecule has 1 atom stereocenters. The highest BCUT2D eigenvalue weighted by Crippen LogP contribution is 2.38. The molecule has 2 aromatic carbocycles. The van der Waals surface area contributed by atoms with Gasteiger partial charge in [0, 0.05) is 11.4 Å². The number of amides is 1. The maximum absolute atomic E-state index is 13.4. The average molecular weight is 442 g/mol. The molecular formula is C24H31N3O3S. The molecule has 4 rings (SSSR count). The van der Waals surface area contributed by atoms with Crippen molar-refractivity contribution in [3.05, 3.63) is 52.6 Å². The van der Waals surface area contributed by atoms with E-state index in [4.69, 9.17) is 5.73 Å². The number of sulfonamides is 1. The van der Waals surface area contributed by atoms with E-state index in [9.17, 15) is 13.2 Å². The van der Waals surface area contributed by atoms with Crippen LogP contribution in [-0.2, 0) is 40.5 Å². The highest BCUT2D eigenvalue weighted by atomic mass is 32.2. The van der Waals surface area contributed by atoms with E-state index in [1.54, 1.807) is 12.1 Å². The van der Waals surface area contributed by atoms with E-state index in [1.807, 2.05) is 13.8 Å². The maximum atomic E-state index is 13.4. The molecule has 166 valence electrons. The lowest BCUT2D eigenvalue weighted by Crippen LogP contribution is -2.44. The first kappa shape index (κ1) is 21.8. The number of anilines is 2.